The van der Waals surface area contributed by atoms with Crippen molar-refractivity contribution in [2.24, 2.45) is 0 Å². The summed E-state index contributed by atoms with van der Waals surface area (Å²) >= 11 is 0. The van der Waals surface area contributed by atoms with Gasteiger partial charge < -0.3 is 15.6 Å². The zero-order chi connectivity index (χ0) is 7.40. The Kier molecular flexibility index (Phi) is 2.12. The summed E-state index contributed by atoms with van der Waals surface area (Å²) in [5.41, 5.74) is 6.01. The van der Waals surface area contributed by atoms with Gasteiger partial charge in [0.25, 0.3) is 0 Å². The third kappa shape index (κ3) is 1.39. The van der Waals surface area contributed by atoms with Crippen LogP contribution in [0.5, 0.6) is 5.75 Å². The van der Waals surface area contributed by atoms with Crippen LogP contribution < -0.4 is 10.5 Å². The van der Waals surface area contributed by atoms with Crippen LogP contribution in [-0.4, -0.2) is 11.9 Å². The number of aliphatic hydroxyl groups excluding tert-OH is 1. The van der Waals surface area contributed by atoms with Gasteiger partial charge in [0.15, 0.2) is 6.79 Å². The van der Waals surface area contributed by atoms with Crippen molar-refractivity contribution in [3.8, 4) is 5.75 Å². The van der Waals surface area contributed by atoms with Crippen molar-refractivity contribution in [2.45, 2.75) is 0 Å². The average Bonchev–Trinajstić information content (AvgIpc) is 1.94. The highest BCUT2D eigenvalue weighted by molar-refractivity contribution is 5.51. The van der Waals surface area contributed by atoms with Crippen molar-refractivity contribution in [1.29, 1.82) is 0 Å². The van der Waals surface area contributed by atoms with Gasteiger partial charge in [0, 0.05) is 0 Å². The molecule has 0 aliphatic rings. The van der Waals surface area contributed by atoms with Crippen LogP contribution in [0.15, 0.2) is 24.3 Å². The number of benzene rings is 1. The van der Waals surface area contributed by atoms with Gasteiger partial charge in [-0.1, -0.05) is 12.1 Å². The third-order valence-corrected chi connectivity index (χ3v) is 1.14. The SMILES string of the molecule is Nc1ccccc1OCO. The Morgan fingerprint density at radius 2 is 2.10 bits per heavy atom. The van der Waals surface area contributed by atoms with Gasteiger partial charge in [-0.25, -0.2) is 0 Å². The molecule has 54 valence electrons. The first kappa shape index (κ1) is 6.89. The van der Waals surface area contributed by atoms with Gasteiger partial charge in [-0.05, 0) is 12.1 Å². The summed E-state index contributed by atoms with van der Waals surface area (Å²) < 4.78 is 4.77. The summed E-state index contributed by atoms with van der Waals surface area (Å²) in [6.45, 7) is -0.339. The molecule has 0 radical (unpaired) electrons. The van der Waals surface area contributed by atoms with Gasteiger partial charge in [-0.3, -0.25) is 0 Å². The molecular weight excluding hydrogens is 130 g/mol. The number of hydrogen-bond acceptors (Lipinski definition) is 3. The molecule has 0 aliphatic carbocycles. The van der Waals surface area contributed by atoms with Crippen molar-refractivity contribution >= 4 is 5.69 Å². The van der Waals surface area contributed by atoms with Gasteiger partial charge in [0.2, 0.25) is 0 Å². The number of para-hydroxylation sites is 2. The van der Waals surface area contributed by atoms with Crippen molar-refractivity contribution in [3.05, 3.63) is 24.3 Å². The second kappa shape index (κ2) is 3.08. The Balaban J connectivity index is 2.81. The number of aliphatic hydroxyl groups is 1. The Bertz CT molecular complexity index is 213. The normalized spacial score (nSPS) is 9.30. The van der Waals surface area contributed by atoms with E-state index in [9.17, 15) is 0 Å². The number of hydrogen-bond donors (Lipinski definition) is 2. The topological polar surface area (TPSA) is 55.5 Å². The van der Waals surface area contributed by atoms with Crippen molar-refractivity contribution < 1.29 is 9.84 Å². The fourth-order valence-electron chi connectivity index (χ4n) is 0.682. The lowest BCUT2D eigenvalue weighted by atomic mass is 10.3. The van der Waals surface area contributed by atoms with E-state index in [1.54, 1.807) is 24.3 Å². The highest BCUT2D eigenvalue weighted by Gasteiger charge is 1.94. The molecule has 3 N–H and O–H groups in total. The molecule has 0 amide bonds. The predicted octanol–water partition coefficient (Wildman–Crippen LogP) is 0.597. The quantitative estimate of drug-likeness (QED) is 0.466. The number of rotatable bonds is 2. The van der Waals surface area contributed by atoms with E-state index in [1.807, 2.05) is 0 Å². The Labute approximate surface area is 59.0 Å². The van der Waals surface area contributed by atoms with Gasteiger partial charge >= 0.3 is 0 Å². The first-order valence-corrected chi connectivity index (χ1v) is 2.93. The number of nitrogen functional groups attached to an aromatic ring is 1. The van der Waals surface area contributed by atoms with Gasteiger partial charge in [0.1, 0.15) is 5.75 Å². The molecule has 3 heteroatoms. The minimum Gasteiger partial charge on any atom is -0.466 e. The van der Waals surface area contributed by atoms with Crippen molar-refractivity contribution in [1.82, 2.24) is 0 Å². The van der Waals surface area contributed by atoms with Crippen LogP contribution >= 0.6 is 0 Å². The van der Waals surface area contributed by atoms with E-state index in [2.05, 4.69) is 0 Å². The van der Waals surface area contributed by atoms with Crippen LogP contribution in [0, 0.1) is 0 Å². The zero-order valence-electron chi connectivity index (χ0n) is 5.45. The molecule has 0 fully saturated rings. The van der Waals surface area contributed by atoms with Crippen LogP contribution in [-0.2, 0) is 0 Å². The van der Waals surface area contributed by atoms with Crippen LogP contribution in [0.1, 0.15) is 0 Å². The van der Waals surface area contributed by atoms with E-state index in [0.29, 0.717) is 11.4 Å². The van der Waals surface area contributed by atoms with E-state index in [1.165, 1.54) is 0 Å². The molecule has 10 heavy (non-hydrogen) atoms. The zero-order valence-corrected chi connectivity index (χ0v) is 5.45. The number of ether oxygens (including phenoxy) is 1. The Hall–Kier alpha value is -1.22. The van der Waals surface area contributed by atoms with Crippen molar-refractivity contribution in [2.75, 3.05) is 12.5 Å². The van der Waals surface area contributed by atoms with E-state index < -0.39 is 0 Å². The molecule has 1 aromatic carbocycles. The largest absolute Gasteiger partial charge is 0.466 e. The molecule has 0 unspecified atom stereocenters. The fraction of sp³-hybridized carbons (Fsp3) is 0.143. The predicted molar refractivity (Wildman–Crippen MR) is 38.6 cm³/mol. The van der Waals surface area contributed by atoms with E-state index >= 15 is 0 Å². The molecule has 0 heterocycles. The molecule has 0 saturated carbocycles. The van der Waals surface area contributed by atoms with Gasteiger partial charge in [0.05, 0.1) is 5.69 Å². The molecule has 0 aromatic heterocycles. The van der Waals surface area contributed by atoms with E-state index in [4.69, 9.17) is 15.6 Å². The number of anilines is 1. The van der Waals surface area contributed by atoms with E-state index in [-0.39, 0.29) is 6.79 Å². The number of nitrogens with two attached hydrogens (primary N) is 1. The lowest BCUT2D eigenvalue weighted by Gasteiger charge is -2.03. The maximum Gasteiger partial charge on any atom is 0.186 e. The summed E-state index contributed by atoms with van der Waals surface area (Å²) in [5.74, 6) is 0.519. The van der Waals surface area contributed by atoms with Crippen LogP contribution in [0.25, 0.3) is 0 Å². The van der Waals surface area contributed by atoms with Crippen molar-refractivity contribution in [3.63, 3.8) is 0 Å². The lowest BCUT2D eigenvalue weighted by molar-refractivity contribution is 0.0992. The molecular formula is C7H9NO2. The summed E-state index contributed by atoms with van der Waals surface area (Å²) in [7, 11) is 0. The minimum absolute atomic E-state index is 0.339. The van der Waals surface area contributed by atoms with Crippen LogP contribution in [0.4, 0.5) is 5.69 Å². The highest BCUT2D eigenvalue weighted by Crippen LogP contribution is 2.18. The molecule has 0 spiro atoms. The second-order valence-corrected chi connectivity index (χ2v) is 1.81. The maximum atomic E-state index is 8.37. The molecule has 0 aliphatic heterocycles. The summed E-state index contributed by atoms with van der Waals surface area (Å²) in [6.07, 6.45) is 0. The van der Waals surface area contributed by atoms with Gasteiger partial charge in [-0.2, -0.15) is 0 Å². The fourth-order valence-corrected chi connectivity index (χ4v) is 0.682. The lowest BCUT2D eigenvalue weighted by Crippen LogP contribution is -1.97. The molecule has 0 bridgehead atoms. The Morgan fingerprint density at radius 3 is 2.70 bits per heavy atom. The summed E-state index contributed by atoms with van der Waals surface area (Å²) in [5, 5.41) is 8.37. The smallest absolute Gasteiger partial charge is 0.186 e. The molecule has 0 atom stereocenters. The summed E-state index contributed by atoms with van der Waals surface area (Å²) in [6, 6.07) is 7.01. The monoisotopic (exact) mass is 139 g/mol. The van der Waals surface area contributed by atoms with Crippen LogP contribution in [0.3, 0.4) is 0 Å². The average molecular weight is 139 g/mol. The molecule has 3 nitrogen and oxygen atoms in total. The first-order valence-electron chi connectivity index (χ1n) is 2.93. The van der Waals surface area contributed by atoms with Crippen LogP contribution in [0.2, 0.25) is 0 Å². The maximum absolute atomic E-state index is 8.37. The highest BCUT2D eigenvalue weighted by atomic mass is 16.6. The molecule has 1 rings (SSSR count). The second-order valence-electron chi connectivity index (χ2n) is 1.81. The standard InChI is InChI=1S/C7H9NO2/c8-6-3-1-2-4-7(6)10-5-9/h1-4,9H,5,8H2. The third-order valence-electron chi connectivity index (χ3n) is 1.14. The Morgan fingerprint density at radius 1 is 1.40 bits per heavy atom. The molecule has 0 saturated heterocycles. The van der Waals surface area contributed by atoms with Gasteiger partial charge in [-0.15, -0.1) is 0 Å². The first-order chi connectivity index (χ1) is 4.84. The summed E-state index contributed by atoms with van der Waals surface area (Å²) in [4.78, 5) is 0. The molecule has 1 aromatic rings. The minimum atomic E-state index is -0.339. The van der Waals surface area contributed by atoms with E-state index in [0.717, 1.165) is 0 Å².